The molecule has 0 aromatic rings. The van der Waals surface area contributed by atoms with Gasteiger partial charge < -0.3 is 15.4 Å². The Labute approximate surface area is 103 Å². The van der Waals surface area contributed by atoms with Gasteiger partial charge in [0.2, 0.25) is 5.91 Å². The van der Waals surface area contributed by atoms with E-state index >= 15 is 0 Å². The van der Waals surface area contributed by atoms with Gasteiger partial charge >= 0.3 is 0 Å². The van der Waals surface area contributed by atoms with Crippen LogP contribution in [-0.4, -0.2) is 37.7 Å². The molecule has 2 aliphatic rings. The summed E-state index contributed by atoms with van der Waals surface area (Å²) in [5.41, 5.74) is -0.130. The quantitative estimate of drug-likeness (QED) is 0.757. The lowest BCUT2D eigenvalue weighted by atomic mass is 9.95. The fourth-order valence-corrected chi connectivity index (χ4v) is 2.24. The van der Waals surface area contributed by atoms with Crippen molar-refractivity contribution in [2.75, 3.05) is 26.3 Å². The molecule has 2 rings (SSSR count). The van der Waals surface area contributed by atoms with Crippen molar-refractivity contribution in [1.82, 2.24) is 10.6 Å². The molecule has 0 aromatic carbocycles. The van der Waals surface area contributed by atoms with Gasteiger partial charge in [0.25, 0.3) is 0 Å². The van der Waals surface area contributed by atoms with Crippen LogP contribution < -0.4 is 10.6 Å². The number of carbonyl (C=O) groups excluding carboxylic acids is 1. The molecule has 4 nitrogen and oxygen atoms in total. The van der Waals surface area contributed by atoms with Gasteiger partial charge in [0.05, 0.1) is 18.1 Å². The highest BCUT2D eigenvalue weighted by atomic mass is 35.5. The molecular weight excluding hydrogens is 228 g/mol. The largest absolute Gasteiger partial charge is 0.379 e. The van der Waals surface area contributed by atoms with E-state index in [1.807, 2.05) is 0 Å². The highest BCUT2D eigenvalue weighted by molar-refractivity contribution is 5.85. The van der Waals surface area contributed by atoms with Crippen LogP contribution in [-0.2, 0) is 9.53 Å². The summed E-state index contributed by atoms with van der Waals surface area (Å²) in [5, 5.41) is 6.38. The second-order valence-corrected chi connectivity index (χ2v) is 4.90. The van der Waals surface area contributed by atoms with E-state index in [0.717, 1.165) is 39.0 Å². The third-order valence-corrected chi connectivity index (χ3v) is 3.31. The average Bonchev–Trinajstić information content (AvgIpc) is 2.66. The van der Waals surface area contributed by atoms with Crippen LogP contribution in [0.2, 0.25) is 0 Å². The van der Waals surface area contributed by atoms with Crippen molar-refractivity contribution >= 4 is 18.3 Å². The molecular formula is C11H21ClN2O2. The molecule has 2 N–H and O–H groups in total. The first-order valence-corrected chi connectivity index (χ1v) is 5.80. The Morgan fingerprint density at radius 2 is 2.38 bits per heavy atom. The predicted molar refractivity (Wildman–Crippen MR) is 64.8 cm³/mol. The number of hydrogen-bond donors (Lipinski definition) is 2. The van der Waals surface area contributed by atoms with E-state index in [1.165, 1.54) is 0 Å². The van der Waals surface area contributed by atoms with E-state index in [4.69, 9.17) is 4.74 Å². The second kappa shape index (κ2) is 5.84. The lowest BCUT2D eigenvalue weighted by Crippen LogP contribution is -2.51. The van der Waals surface area contributed by atoms with Crippen molar-refractivity contribution in [1.29, 1.82) is 0 Å². The highest BCUT2D eigenvalue weighted by Gasteiger charge is 2.33. The van der Waals surface area contributed by atoms with Gasteiger partial charge in [0, 0.05) is 13.2 Å². The fraction of sp³-hybridized carbons (Fsp3) is 0.909. The van der Waals surface area contributed by atoms with Crippen LogP contribution in [0.4, 0.5) is 0 Å². The molecule has 1 amide bonds. The predicted octanol–water partition coefficient (Wildman–Crippen LogP) is 0.703. The van der Waals surface area contributed by atoms with E-state index in [0.29, 0.717) is 6.61 Å². The molecule has 2 heterocycles. The molecule has 2 fully saturated rings. The van der Waals surface area contributed by atoms with E-state index in [2.05, 4.69) is 17.6 Å². The lowest BCUT2D eigenvalue weighted by molar-refractivity contribution is -0.127. The lowest BCUT2D eigenvalue weighted by Gasteiger charge is -2.28. The first-order valence-electron chi connectivity index (χ1n) is 5.80. The Morgan fingerprint density at radius 3 is 2.94 bits per heavy atom. The van der Waals surface area contributed by atoms with Gasteiger partial charge in [0.1, 0.15) is 0 Å². The molecule has 2 aliphatic heterocycles. The summed E-state index contributed by atoms with van der Waals surface area (Å²) in [6.45, 7) is 5.35. The number of piperidine rings is 1. The molecule has 0 spiro atoms. The molecule has 5 heteroatoms. The number of rotatable bonds is 2. The zero-order valence-electron chi connectivity index (χ0n) is 9.75. The Kier molecular flexibility index (Phi) is 5.02. The van der Waals surface area contributed by atoms with Crippen molar-refractivity contribution in [2.24, 2.45) is 5.92 Å². The smallest absolute Gasteiger partial charge is 0.224 e. The molecule has 2 saturated heterocycles. The number of carbonyl (C=O) groups is 1. The van der Waals surface area contributed by atoms with Crippen molar-refractivity contribution in [3.05, 3.63) is 0 Å². The summed E-state index contributed by atoms with van der Waals surface area (Å²) in [7, 11) is 0. The molecule has 0 bridgehead atoms. The van der Waals surface area contributed by atoms with Crippen LogP contribution in [0.1, 0.15) is 26.2 Å². The van der Waals surface area contributed by atoms with Gasteiger partial charge in [-0.1, -0.05) is 0 Å². The zero-order valence-corrected chi connectivity index (χ0v) is 10.6. The van der Waals surface area contributed by atoms with Gasteiger partial charge in [-0.15, -0.1) is 12.4 Å². The van der Waals surface area contributed by atoms with Crippen LogP contribution in [0.5, 0.6) is 0 Å². The van der Waals surface area contributed by atoms with Gasteiger partial charge in [-0.05, 0) is 32.7 Å². The molecule has 94 valence electrons. The first kappa shape index (κ1) is 13.7. The molecule has 0 saturated carbocycles. The fourth-order valence-electron chi connectivity index (χ4n) is 2.24. The Hall–Kier alpha value is -0.320. The first-order chi connectivity index (χ1) is 7.20. The molecule has 0 radical (unpaired) electrons. The minimum atomic E-state index is -0.130. The third-order valence-electron chi connectivity index (χ3n) is 3.31. The number of nitrogens with one attached hydrogen (secondary N) is 2. The van der Waals surface area contributed by atoms with E-state index in [1.54, 1.807) is 0 Å². The number of amides is 1. The maximum Gasteiger partial charge on any atom is 0.224 e. The summed E-state index contributed by atoms with van der Waals surface area (Å²) in [6, 6.07) is 0. The van der Waals surface area contributed by atoms with Gasteiger partial charge in [-0.2, -0.15) is 0 Å². The zero-order chi connectivity index (χ0) is 10.7. The summed E-state index contributed by atoms with van der Waals surface area (Å²) in [6.07, 6.45) is 3.04. The summed E-state index contributed by atoms with van der Waals surface area (Å²) < 4.78 is 5.32. The average molecular weight is 249 g/mol. The Morgan fingerprint density at radius 1 is 1.56 bits per heavy atom. The number of hydrogen-bond acceptors (Lipinski definition) is 3. The van der Waals surface area contributed by atoms with Crippen molar-refractivity contribution < 1.29 is 9.53 Å². The van der Waals surface area contributed by atoms with Crippen LogP contribution in [0.25, 0.3) is 0 Å². The maximum atomic E-state index is 12.0. The summed E-state index contributed by atoms with van der Waals surface area (Å²) >= 11 is 0. The van der Waals surface area contributed by atoms with Crippen LogP contribution >= 0.6 is 12.4 Å². The minimum absolute atomic E-state index is 0. The van der Waals surface area contributed by atoms with Crippen LogP contribution in [0.15, 0.2) is 0 Å². The second-order valence-electron chi connectivity index (χ2n) is 4.90. The summed E-state index contributed by atoms with van der Waals surface area (Å²) in [4.78, 5) is 12.0. The van der Waals surface area contributed by atoms with Gasteiger partial charge in [-0.3, -0.25) is 4.79 Å². The third kappa shape index (κ3) is 3.34. The van der Waals surface area contributed by atoms with Gasteiger partial charge in [0.15, 0.2) is 0 Å². The van der Waals surface area contributed by atoms with Crippen molar-refractivity contribution in [3.63, 3.8) is 0 Å². The van der Waals surface area contributed by atoms with E-state index in [-0.39, 0.29) is 29.8 Å². The minimum Gasteiger partial charge on any atom is -0.379 e. The van der Waals surface area contributed by atoms with Crippen molar-refractivity contribution in [2.45, 2.75) is 31.7 Å². The Bertz CT molecular complexity index is 236. The standard InChI is InChI=1S/C11H20N2O2.ClH/c1-11(4-6-15-8-11)13-10(14)9-3-2-5-12-7-9;/h9,12H,2-8H2,1H3,(H,13,14);1H. The van der Waals surface area contributed by atoms with Crippen LogP contribution in [0.3, 0.4) is 0 Å². The maximum absolute atomic E-state index is 12.0. The van der Waals surface area contributed by atoms with Gasteiger partial charge in [-0.25, -0.2) is 0 Å². The summed E-state index contributed by atoms with van der Waals surface area (Å²) in [5.74, 6) is 0.339. The Balaban J connectivity index is 0.00000128. The van der Waals surface area contributed by atoms with Crippen LogP contribution in [0, 0.1) is 5.92 Å². The number of halogens is 1. The highest BCUT2D eigenvalue weighted by Crippen LogP contribution is 2.19. The SMILES string of the molecule is CC1(NC(=O)C2CCCNC2)CCOC1.Cl. The van der Waals surface area contributed by atoms with Crippen molar-refractivity contribution in [3.8, 4) is 0 Å². The molecule has 0 aromatic heterocycles. The van der Waals surface area contributed by atoms with E-state index in [9.17, 15) is 4.79 Å². The monoisotopic (exact) mass is 248 g/mol. The molecule has 16 heavy (non-hydrogen) atoms. The number of ether oxygens (including phenoxy) is 1. The van der Waals surface area contributed by atoms with E-state index < -0.39 is 0 Å². The molecule has 2 atom stereocenters. The molecule has 0 aliphatic carbocycles. The molecule has 2 unspecified atom stereocenters. The topological polar surface area (TPSA) is 50.4 Å². The normalized spacial score (nSPS) is 34.2.